The van der Waals surface area contributed by atoms with Crippen molar-refractivity contribution in [1.29, 1.82) is 0 Å². The first-order chi connectivity index (χ1) is 7.00. The highest BCUT2D eigenvalue weighted by Crippen LogP contribution is 2.01. The highest BCUT2D eigenvalue weighted by atomic mass is 13.9. The van der Waals surface area contributed by atoms with Gasteiger partial charge in [0.25, 0.3) is 0 Å². The van der Waals surface area contributed by atoms with E-state index in [0.717, 1.165) is 19.3 Å². The summed E-state index contributed by atoms with van der Waals surface area (Å²) < 4.78 is 0. The molecule has 0 aromatic heterocycles. The van der Waals surface area contributed by atoms with E-state index in [-0.39, 0.29) is 0 Å². The molecule has 0 fully saturated rings. The van der Waals surface area contributed by atoms with E-state index in [1.807, 2.05) is 0 Å². The maximum atomic E-state index is 2.29. The second-order valence-electron chi connectivity index (χ2n) is 3.54. The Morgan fingerprint density at radius 1 is 0.500 bits per heavy atom. The quantitative estimate of drug-likeness (QED) is 0.489. The predicted octanol–water partition coefficient (Wildman–Crippen LogP) is 4.57. The van der Waals surface area contributed by atoms with Gasteiger partial charge in [0, 0.05) is 0 Å². The van der Waals surface area contributed by atoms with Gasteiger partial charge in [-0.3, -0.25) is 0 Å². The fourth-order valence-corrected chi connectivity index (χ4v) is 1.40. The molecule has 1 rings (SSSR count). The molecule has 0 spiro atoms. The molecule has 0 amide bonds. The van der Waals surface area contributed by atoms with Crippen LogP contribution in [0.4, 0.5) is 0 Å². The largest absolute Gasteiger partial charge is 0.0882 e. The van der Waals surface area contributed by atoms with Gasteiger partial charge in [-0.2, -0.15) is 0 Å². The third-order valence-corrected chi connectivity index (χ3v) is 2.23. The summed E-state index contributed by atoms with van der Waals surface area (Å²) >= 11 is 0. The molecule has 0 aromatic carbocycles. The summed E-state index contributed by atoms with van der Waals surface area (Å²) in [5.41, 5.74) is 0. The van der Waals surface area contributed by atoms with Crippen LogP contribution in [0, 0.1) is 0 Å². The Morgan fingerprint density at radius 2 is 1.07 bits per heavy atom. The Balaban J connectivity index is 2.34. The van der Waals surface area contributed by atoms with E-state index >= 15 is 0 Å². The predicted molar refractivity (Wildman–Crippen MR) is 64.3 cm³/mol. The third-order valence-electron chi connectivity index (χ3n) is 2.23. The van der Waals surface area contributed by atoms with Gasteiger partial charge in [-0.1, -0.05) is 48.6 Å². The van der Waals surface area contributed by atoms with Crippen LogP contribution >= 0.6 is 0 Å². The number of allylic oxidation sites excluding steroid dienone is 8. The summed E-state index contributed by atoms with van der Waals surface area (Å²) in [6.45, 7) is 0. The maximum absolute atomic E-state index is 2.29. The molecule has 1 aliphatic rings. The molecule has 1 aliphatic carbocycles. The molecule has 0 bridgehead atoms. The lowest BCUT2D eigenvalue weighted by Gasteiger charge is -1.91. The Labute approximate surface area is 87.7 Å². The maximum Gasteiger partial charge on any atom is -0.0169 e. The van der Waals surface area contributed by atoms with Gasteiger partial charge in [0.1, 0.15) is 0 Å². The Hall–Kier alpha value is -1.04. The SMILES string of the molecule is C1=CCC/C=C/C/C=C\CCCC=C1. The van der Waals surface area contributed by atoms with Crippen molar-refractivity contribution < 1.29 is 0 Å². The van der Waals surface area contributed by atoms with Crippen molar-refractivity contribution in [3.05, 3.63) is 48.6 Å². The zero-order chi connectivity index (χ0) is 9.90. The van der Waals surface area contributed by atoms with Crippen molar-refractivity contribution >= 4 is 0 Å². The Kier molecular flexibility index (Phi) is 6.74. The standard InChI is InChI=1S/C14H20/c1-2-4-6-8-10-12-14-13-11-9-7-5-3-1/h1-4,9,11-12,14H,5-8,10,13H2/b3-1?,4-2?,11-9+,14-12-. The van der Waals surface area contributed by atoms with Gasteiger partial charge in [-0.15, -0.1) is 0 Å². The Morgan fingerprint density at radius 3 is 1.93 bits per heavy atom. The second-order valence-corrected chi connectivity index (χ2v) is 3.54. The van der Waals surface area contributed by atoms with E-state index in [9.17, 15) is 0 Å². The molecule has 0 saturated carbocycles. The van der Waals surface area contributed by atoms with Gasteiger partial charge in [-0.05, 0) is 38.5 Å². The zero-order valence-electron chi connectivity index (χ0n) is 8.86. The van der Waals surface area contributed by atoms with E-state index < -0.39 is 0 Å². The van der Waals surface area contributed by atoms with Gasteiger partial charge < -0.3 is 0 Å². The van der Waals surface area contributed by atoms with E-state index in [2.05, 4.69) is 48.6 Å². The molecular weight excluding hydrogens is 168 g/mol. The molecule has 0 nitrogen and oxygen atoms in total. The third kappa shape index (κ3) is 6.47. The van der Waals surface area contributed by atoms with Crippen LogP contribution in [0.5, 0.6) is 0 Å². The molecule has 76 valence electrons. The van der Waals surface area contributed by atoms with Crippen LogP contribution in [0.15, 0.2) is 48.6 Å². The highest BCUT2D eigenvalue weighted by Gasteiger charge is 1.81. The van der Waals surface area contributed by atoms with E-state index in [4.69, 9.17) is 0 Å². The smallest absolute Gasteiger partial charge is 0.0169 e. The summed E-state index contributed by atoms with van der Waals surface area (Å²) in [6.07, 6.45) is 25.0. The van der Waals surface area contributed by atoms with E-state index in [0.29, 0.717) is 0 Å². The second kappa shape index (κ2) is 8.55. The van der Waals surface area contributed by atoms with Crippen molar-refractivity contribution in [1.82, 2.24) is 0 Å². The summed E-state index contributed by atoms with van der Waals surface area (Å²) in [5, 5.41) is 0. The van der Waals surface area contributed by atoms with Crippen LogP contribution in [-0.2, 0) is 0 Å². The topological polar surface area (TPSA) is 0 Å². The van der Waals surface area contributed by atoms with Crippen molar-refractivity contribution in [2.75, 3.05) is 0 Å². The van der Waals surface area contributed by atoms with Crippen LogP contribution in [0.1, 0.15) is 38.5 Å². The fraction of sp³-hybridized carbons (Fsp3) is 0.429. The van der Waals surface area contributed by atoms with E-state index in [1.54, 1.807) is 0 Å². The summed E-state index contributed by atoms with van der Waals surface area (Å²) in [5.74, 6) is 0. The molecule has 0 aliphatic heterocycles. The van der Waals surface area contributed by atoms with Crippen LogP contribution in [0.3, 0.4) is 0 Å². The van der Waals surface area contributed by atoms with E-state index in [1.165, 1.54) is 19.3 Å². The minimum atomic E-state index is 1.10. The van der Waals surface area contributed by atoms with Crippen molar-refractivity contribution in [3.8, 4) is 0 Å². The summed E-state index contributed by atoms with van der Waals surface area (Å²) in [4.78, 5) is 0. The van der Waals surface area contributed by atoms with Crippen LogP contribution in [-0.4, -0.2) is 0 Å². The lowest BCUT2D eigenvalue weighted by atomic mass is 10.2. The van der Waals surface area contributed by atoms with Crippen molar-refractivity contribution in [3.63, 3.8) is 0 Å². The monoisotopic (exact) mass is 188 g/mol. The minimum absolute atomic E-state index is 1.10. The molecule has 0 N–H and O–H groups in total. The summed E-state index contributed by atoms with van der Waals surface area (Å²) in [6, 6.07) is 0. The molecule has 0 heteroatoms. The van der Waals surface area contributed by atoms with Crippen LogP contribution in [0.2, 0.25) is 0 Å². The number of hydrogen-bond donors (Lipinski definition) is 0. The lowest BCUT2D eigenvalue weighted by Crippen LogP contribution is -1.70. The first-order valence-electron chi connectivity index (χ1n) is 5.62. The fourth-order valence-electron chi connectivity index (χ4n) is 1.40. The normalized spacial score (nSPS) is 24.0. The molecular formula is C14H20. The van der Waals surface area contributed by atoms with Crippen molar-refractivity contribution in [2.24, 2.45) is 0 Å². The summed E-state index contributed by atoms with van der Waals surface area (Å²) in [7, 11) is 0. The zero-order valence-corrected chi connectivity index (χ0v) is 8.86. The number of rotatable bonds is 0. The molecule has 0 radical (unpaired) electrons. The van der Waals surface area contributed by atoms with Gasteiger partial charge in [-0.25, -0.2) is 0 Å². The molecule has 0 saturated heterocycles. The molecule has 0 unspecified atom stereocenters. The van der Waals surface area contributed by atoms with Gasteiger partial charge in [0.2, 0.25) is 0 Å². The lowest BCUT2D eigenvalue weighted by molar-refractivity contribution is 0.865. The van der Waals surface area contributed by atoms with Gasteiger partial charge in [0.15, 0.2) is 0 Å². The van der Waals surface area contributed by atoms with Gasteiger partial charge in [0.05, 0.1) is 0 Å². The number of hydrogen-bond acceptors (Lipinski definition) is 0. The van der Waals surface area contributed by atoms with Crippen molar-refractivity contribution in [2.45, 2.75) is 38.5 Å². The van der Waals surface area contributed by atoms with Gasteiger partial charge >= 0.3 is 0 Å². The molecule has 0 aromatic rings. The first kappa shape index (κ1) is 11.0. The molecule has 0 atom stereocenters. The molecule has 0 heterocycles. The Bertz CT molecular complexity index is 228. The molecule has 14 heavy (non-hydrogen) atoms. The first-order valence-corrected chi connectivity index (χ1v) is 5.62. The van der Waals surface area contributed by atoms with Crippen LogP contribution < -0.4 is 0 Å². The average Bonchev–Trinajstić information content (AvgIpc) is 2.22. The minimum Gasteiger partial charge on any atom is -0.0882 e. The van der Waals surface area contributed by atoms with Crippen LogP contribution in [0.25, 0.3) is 0 Å². The average molecular weight is 188 g/mol. The highest BCUT2D eigenvalue weighted by molar-refractivity contribution is 5.03.